The van der Waals surface area contributed by atoms with E-state index in [9.17, 15) is 0 Å². The zero-order valence-electron chi connectivity index (χ0n) is 30.4. The van der Waals surface area contributed by atoms with Crippen molar-refractivity contribution in [2.24, 2.45) is 0 Å². The van der Waals surface area contributed by atoms with Crippen LogP contribution in [0.25, 0.3) is 67.3 Å². The molecule has 3 nitrogen and oxygen atoms in total. The van der Waals surface area contributed by atoms with Gasteiger partial charge in [-0.25, -0.2) is 9.97 Å². The predicted octanol–water partition coefficient (Wildman–Crippen LogP) is 13.3. The van der Waals surface area contributed by atoms with E-state index in [-0.39, 0.29) is 0 Å². The van der Waals surface area contributed by atoms with Crippen molar-refractivity contribution in [3.05, 3.63) is 229 Å². The lowest BCUT2D eigenvalue weighted by atomic mass is 9.66. The molecular formula is C53H34N2O. The Kier molecular flexibility index (Phi) is 7.39. The molecule has 262 valence electrons. The van der Waals surface area contributed by atoms with Crippen LogP contribution in [0.2, 0.25) is 0 Å². The molecule has 1 aliphatic heterocycles. The summed E-state index contributed by atoms with van der Waals surface area (Å²) in [5.41, 5.74) is 16.1. The van der Waals surface area contributed by atoms with E-state index < -0.39 is 5.41 Å². The van der Waals surface area contributed by atoms with Crippen LogP contribution in [0.1, 0.15) is 22.3 Å². The van der Waals surface area contributed by atoms with Crippen molar-refractivity contribution in [1.29, 1.82) is 0 Å². The van der Waals surface area contributed by atoms with Crippen LogP contribution in [0.3, 0.4) is 0 Å². The predicted molar refractivity (Wildman–Crippen MR) is 227 cm³/mol. The second kappa shape index (κ2) is 12.9. The Morgan fingerprint density at radius 2 is 0.839 bits per heavy atom. The fourth-order valence-corrected chi connectivity index (χ4v) is 8.92. The Bertz CT molecular complexity index is 2910. The fraction of sp³-hybridized carbons (Fsp3) is 0.0189. The molecule has 0 unspecified atom stereocenters. The van der Waals surface area contributed by atoms with Gasteiger partial charge in [-0.05, 0) is 68.8 Å². The van der Waals surface area contributed by atoms with Crippen LogP contribution in [0.5, 0.6) is 11.5 Å². The van der Waals surface area contributed by atoms with Gasteiger partial charge in [-0.2, -0.15) is 0 Å². The molecule has 1 aromatic heterocycles. The molecule has 0 amide bonds. The van der Waals surface area contributed by atoms with Crippen LogP contribution in [-0.4, -0.2) is 9.97 Å². The van der Waals surface area contributed by atoms with Crippen molar-refractivity contribution in [2.75, 3.05) is 0 Å². The molecule has 0 saturated heterocycles. The molecule has 9 aromatic rings. The Morgan fingerprint density at radius 3 is 1.57 bits per heavy atom. The maximum absolute atomic E-state index is 6.88. The lowest BCUT2D eigenvalue weighted by Crippen LogP contribution is -2.32. The smallest absolute Gasteiger partial charge is 0.160 e. The first-order valence-electron chi connectivity index (χ1n) is 19.1. The van der Waals surface area contributed by atoms with Crippen molar-refractivity contribution in [3.63, 3.8) is 0 Å². The summed E-state index contributed by atoms with van der Waals surface area (Å²) < 4.78 is 6.88. The zero-order chi connectivity index (χ0) is 37.1. The van der Waals surface area contributed by atoms with Gasteiger partial charge in [0.05, 0.1) is 16.8 Å². The van der Waals surface area contributed by atoms with Gasteiger partial charge in [0.1, 0.15) is 11.5 Å². The lowest BCUT2D eigenvalue weighted by Gasteiger charge is -2.39. The van der Waals surface area contributed by atoms with Gasteiger partial charge in [0, 0.05) is 27.8 Å². The summed E-state index contributed by atoms with van der Waals surface area (Å²) in [7, 11) is 0. The van der Waals surface area contributed by atoms with Gasteiger partial charge in [-0.1, -0.05) is 182 Å². The number of nitrogens with zero attached hydrogens (tertiary/aromatic N) is 2. The van der Waals surface area contributed by atoms with Gasteiger partial charge < -0.3 is 4.74 Å². The summed E-state index contributed by atoms with van der Waals surface area (Å²) in [4.78, 5) is 10.4. The standard InChI is InChI=1S/C53H34N2O/c1-3-16-35(17-4-1)37-20-15-21-39(32-37)48-34-49(55-52(54-48)36-18-5-2-6-19-36)43-25-8-7-22-40(43)38-30-31-47-51(33-38)56-50-29-14-13-28-46(50)53(47)44-26-11-9-23-41(44)42-24-10-12-27-45(42)53/h1-34H. The number of para-hydroxylation sites is 1. The second-order valence-corrected chi connectivity index (χ2v) is 14.5. The summed E-state index contributed by atoms with van der Waals surface area (Å²) in [5.74, 6) is 2.42. The number of hydrogen-bond acceptors (Lipinski definition) is 3. The van der Waals surface area contributed by atoms with Gasteiger partial charge in [0.25, 0.3) is 0 Å². The van der Waals surface area contributed by atoms with E-state index in [1.165, 1.54) is 27.8 Å². The van der Waals surface area contributed by atoms with Crippen molar-refractivity contribution < 1.29 is 4.74 Å². The van der Waals surface area contributed by atoms with Gasteiger partial charge in [0.2, 0.25) is 0 Å². The van der Waals surface area contributed by atoms with E-state index in [4.69, 9.17) is 14.7 Å². The van der Waals surface area contributed by atoms with Crippen LogP contribution in [0.15, 0.2) is 206 Å². The first-order valence-corrected chi connectivity index (χ1v) is 19.1. The average Bonchev–Trinajstić information content (AvgIpc) is 3.57. The van der Waals surface area contributed by atoms with Crippen LogP contribution < -0.4 is 4.74 Å². The number of hydrogen-bond donors (Lipinski definition) is 0. The highest BCUT2D eigenvalue weighted by Crippen LogP contribution is 2.62. The van der Waals surface area contributed by atoms with Crippen molar-refractivity contribution in [3.8, 4) is 78.8 Å². The van der Waals surface area contributed by atoms with E-state index in [1.807, 2.05) is 24.3 Å². The van der Waals surface area contributed by atoms with Gasteiger partial charge in [0.15, 0.2) is 5.82 Å². The molecule has 11 rings (SSSR count). The van der Waals surface area contributed by atoms with E-state index in [2.05, 4.69) is 182 Å². The van der Waals surface area contributed by atoms with Crippen LogP contribution in [-0.2, 0) is 5.41 Å². The summed E-state index contributed by atoms with van der Waals surface area (Å²) in [6.45, 7) is 0. The molecule has 0 saturated carbocycles. The van der Waals surface area contributed by atoms with Gasteiger partial charge in [-0.3, -0.25) is 0 Å². The first-order chi connectivity index (χ1) is 27.8. The van der Waals surface area contributed by atoms with Crippen LogP contribution >= 0.6 is 0 Å². The number of benzene rings is 8. The fourth-order valence-electron chi connectivity index (χ4n) is 8.92. The summed E-state index contributed by atoms with van der Waals surface area (Å²) >= 11 is 0. The van der Waals surface area contributed by atoms with Crippen molar-refractivity contribution in [2.45, 2.75) is 5.41 Å². The number of ether oxygens (including phenoxy) is 1. The van der Waals surface area contributed by atoms with E-state index in [1.54, 1.807) is 0 Å². The van der Waals surface area contributed by atoms with Crippen molar-refractivity contribution >= 4 is 0 Å². The maximum Gasteiger partial charge on any atom is 0.160 e. The molecule has 1 aliphatic carbocycles. The molecule has 0 atom stereocenters. The van der Waals surface area contributed by atoms with Crippen LogP contribution in [0, 0.1) is 0 Å². The molecule has 8 aromatic carbocycles. The molecule has 2 aliphatic rings. The SMILES string of the molecule is c1ccc(-c2cccc(-c3cc(-c4ccccc4-c4ccc5c(c4)Oc4ccccc4C54c5ccccc5-c5ccccc54)nc(-c4ccccc4)n3)c2)cc1. The molecular weight excluding hydrogens is 681 g/mol. The van der Waals surface area contributed by atoms with Crippen LogP contribution in [0.4, 0.5) is 0 Å². The Hall–Kier alpha value is -7.36. The highest BCUT2D eigenvalue weighted by Gasteiger charge is 2.50. The van der Waals surface area contributed by atoms with Crippen molar-refractivity contribution in [1.82, 2.24) is 9.97 Å². The minimum Gasteiger partial charge on any atom is -0.457 e. The monoisotopic (exact) mass is 714 g/mol. The van der Waals surface area contributed by atoms with Gasteiger partial charge >= 0.3 is 0 Å². The average molecular weight is 715 g/mol. The topological polar surface area (TPSA) is 35.0 Å². The summed E-state index contributed by atoms with van der Waals surface area (Å²) in [5, 5.41) is 0. The Balaban J connectivity index is 1.09. The zero-order valence-corrected chi connectivity index (χ0v) is 30.4. The first kappa shape index (κ1) is 32.1. The molecule has 3 heteroatoms. The lowest BCUT2D eigenvalue weighted by molar-refractivity contribution is 0.436. The number of fused-ring (bicyclic) bond motifs is 9. The highest BCUT2D eigenvalue weighted by molar-refractivity contribution is 5.90. The Morgan fingerprint density at radius 1 is 0.304 bits per heavy atom. The third-order valence-corrected chi connectivity index (χ3v) is 11.4. The summed E-state index contributed by atoms with van der Waals surface area (Å²) in [6, 6.07) is 73.0. The quantitative estimate of drug-likeness (QED) is 0.178. The largest absolute Gasteiger partial charge is 0.457 e. The highest BCUT2D eigenvalue weighted by atomic mass is 16.5. The minimum absolute atomic E-state index is 0.504. The van der Waals surface area contributed by atoms with E-state index in [0.717, 1.165) is 67.4 Å². The molecule has 0 bridgehead atoms. The molecule has 0 N–H and O–H groups in total. The number of aromatic nitrogens is 2. The van der Waals surface area contributed by atoms with Gasteiger partial charge in [-0.15, -0.1) is 0 Å². The second-order valence-electron chi connectivity index (χ2n) is 14.5. The molecule has 56 heavy (non-hydrogen) atoms. The normalized spacial score (nSPS) is 12.9. The Labute approximate surface area is 326 Å². The molecule has 0 fully saturated rings. The van der Waals surface area contributed by atoms with E-state index in [0.29, 0.717) is 5.82 Å². The third-order valence-electron chi connectivity index (χ3n) is 11.4. The molecule has 2 heterocycles. The maximum atomic E-state index is 6.88. The number of rotatable bonds is 5. The molecule has 1 spiro atoms. The third kappa shape index (κ3) is 4.98. The van der Waals surface area contributed by atoms with E-state index >= 15 is 0 Å². The molecule has 0 radical (unpaired) electrons. The summed E-state index contributed by atoms with van der Waals surface area (Å²) in [6.07, 6.45) is 0. The minimum atomic E-state index is -0.504.